The van der Waals surface area contributed by atoms with Gasteiger partial charge in [-0.1, -0.05) is 0 Å². The largest absolute Gasteiger partial charge is 0.323 e. The molecule has 0 aromatic carbocycles. The first-order chi connectivity index (χ1) is 9.08. The number of hydrogen-bond acceptors (Lipinski definition) is 5. The number of carbonyl (C=O) groups excluding carboxylic acids is 2. The Labute approximate surface area is 116 Å². The van der Waals surface area contributed by atoms with E-state index in [0.717, 1.165) is 0 Å². The Morgan fingerprint density at radius 3 is 2.89 bits per heavy atom. The van der Waals surface area contributed by atoms with Gasteiger partial charge in [0.05, 0.1) is 5.39 Å². The summed E-state index contributed by atoms with van der Waals surface area (Å²) >= 11 is 6.53. The summed E-state index contributed by atoms with van der Waals surface area (Å²) in [6, 6.07) is 0.967. The molecule has 0 spiro atoms. The van der Waals surface area contributed by atoms with Crippen LogP contribution >= 0.6 is 23.6 Å². The van der Waals surface area contributed by atoms with Crippen molar-refractivity contribution in [1.29, 1.82) is 0 Å². The molecule has 98 valence electrons. The molecule has 6 nitrogen and oxygen atoms in total. The Morgan fingerprint density at radius 2 is 2.16 bits per heavy atom. The average molecular weight is 295 g/mol. The van der Waals surface area contributed by atoms with Crippen LogP contribution in [0.25, 0.3) is 10.2 Å². The standard InChI is InChI=1S/C11H9N3O3S2/c15-7-2-1-6(8(16)12-7)14-10(17)5-3-4-19-9(5)13-11(14)18/h3-4,6H,1-2H2,(H,13,18)(H,12,15,16). The summed E-state index contributed by atoms with van der Waals surface area (Å²) in [5.41, 5.74) is -0.297. The molecule has 2 aromatic rings. The Balaban J connectivity index is 2.20. The number of imide groups is 1. The van der Waals surface area contributed by atoms with E-state index in [1.54, 1.807) is 11.4 Å². The molecule has 3 heterocycles. The maximum absolute atomic E-state index is 12.4. The quantitative estimate of drug-likeness (QED) is 0.609. The van der Waals surface area contributed by atoms with Gasteiger partial charge in [0.15, 0.2) is 4.77 Å². The number of thiophene rings is 1. The monoisotopic (exact) mass is 295 g/mol. The Morgan fingerprint density at radius 1 is 1.37 bits per heavy atom. The summed E-state index contributed by atoms with van der Waals surface area (Å²) in [5.74, 6) is -0.798. The summed E-state index contributed by atoms with van der Waals surface area (Å²) < 4.78 is 1.46. The van der Waals surface area contributed by atoms with Crippen LogP contribution < -0.4 is 10.9 Å². The summed E-state index contributed by atoms with van der Waals surface area (Å²) in [7, 11) is 0. The van der Waals surface area contributed by atoms with Crippen molar-refractivity contribution in [2.75, 3.05) is 0 Å². The van der Waals surface area contributed by atoms with Crippen molar-refractivity contribution in [2.45, 2.75) is 18.9 Å². The fourth-order valence-electron chi connectivity index (χ4n) is 2.17. The van der Waals surface area contributed by atoms with Crippen molar-refractivity contribution >= 4 is 45.6 Å². The van der Waals surface area contributed by atoms with Crippen LogP contribution in [0.2, 0.25) is 0 Å². The van der Waals surface area contributed by atoms with Crippen LogP contribution in [0.1, 0.15) is 18.9 Å². The number of fused-ring (bicyclic) bond motifs is 1. The smallest absolute Gasteiger partial charge is 0.263 e. The molecule has 2 aromatic heterocycles. The van der Waals surface area contributed by atoms with Gasteiger partial charge < -0.3 is 4.98 Å². The van der Waals surface area contributed by atoms with Gasteiger partial charge in [-0.25, -0.2) is 0 Å². The highest BCUT2D eigenvalue weighted by molar-refractivity contribution is 7.71. The Hall–Kier alpha value is -1.80. The summed E-state index contributed by atoms with van der Waals surface area (Å²) in [4.78, 5) is 39.0. The Bertz CT molecular complexity index is 801. The predicted molar refractivity (Wildman–Crippen MR) is 72.7 cm³/mol. The van der Waals surface area contributed by atoms with Gasteiger partial charge in [-0.05, 0) is 30.1 Å². The lowest BCUT2D eigenvalue weighted by molar-refractivity contribution is -0.135. The number of hydrogen-bond donors (Lipinski definition) is 2. The van der Waals surface area contributed by atoms with Crippen LogP contribution in [0.3, 0.4) is 0 Å². The second kappa shape index (κ2) is 4.39. The molecule has 0 saturated carbocycles. The number of amides is 2. The molecule has 0 bridgehead atoms. The fraction of sp³-hybridized carbons (Fsp3) is 0.273. The van der Waals surface area contributed by atoms with Gasteiger partial charge in [-0.2, -0.15) is 0 Å². The highest BCUT2D eigenvalue weighted by atomic mass is 32.1. The van der Waals surface area contributed by atoms with Crippen LogP contribution in [0, 0.1) is 4.77 Å². The molecular formula is C11H9N3O3S2. The number of H-pyrrole nitrogens is 1. The fourth-order valence-corrected chi connectivity index (χ4v) is 3.32. The lowest BCUT2D eigenvalue weighted by Gasteiger charge is -2.22. The molecule has 19 heavy (non-hydrogen) atoms. The molecule has 1 fully saturated rings. The van der Waals surface area contributed by atoms with E-state index in [1.165, 1.54) is 15.9 Å². The van der Waals surface area contributed by atoms with E-state index < -0.39 is 11.9 Å². The van der Waals surface area contributed by atoms with E-state index in [1.807, 2.05) is 0 Å². The van der Waals surface area contributed by atoms with E-state index in [-0.39, 0.29) is 29.1 Å². The van der Waals surface area contributed by atoms with E-state index in [2.05, 4.69) is 10.3 Å². The van der Waals surface area contributed by atoms with Gasteiger partial charge >= 0.3 is 0 Å². The normalized spacial score (nSPS) is 19.7. The molecule has 2 amide bonds. The summed E-state index contributed by atoms with van der Waals surface area (Å²) in [5, 5.41) is 4.52. The predicted octanol–water partition coefficient (Wildman–Crippen LogP) is 1.10. The van der Waals surface area contributed by atoms with Crippen molar-refractivity contribution in [1.82, 2.24) is 14.9 Å². The third-order valence-corrected chi connectivity index (χ3v) is 4.20. The lowest BCUT2D eigenvalue weighted by atomic mass is 10.1. The second-order valence-electron chi connectivity index (χ2n) is 4.24. The minimum absolute atomic E-state index is 0.203. The molecule has 1 unspecified atom stereocenters. The Kier molecular flexibility index (Phi) is 2.83. The van der Waals surface area contributed by atoms with Crippen LogP contribution in [-0.4, -0.2) is 21.4 Å². The minimum atomic E-state index is -0.724. The van der Waals surface area contributed by atoms with Gasteiger partial charge in [-0.15, -0.1) is 11.3 Å². The molecule has 0 radical (unpaired) electrons. The van der Waals surface area contributed by atoms with E-state index in [4.69, 9.17) is 12.2 Å². The van der Waals surface area contributed by atoms with Gasteiger partial charge in [0.1, 0.15) is 10.9 Å². The molecule has 8 heteroatoms. The first-order valence-corrected chi connectivity index (χ1v) is 6.92. The second-order valence-corrected chi connectivity index (χ2v) is 5.54. The van der Waals surface area contributed by atoms with E-state index in [9.17, 15) is 14.4 Å². The van der Waals surface area contributed by atoms with Crippen LogP contribution in [-0.2, 0) is 9.59 Å². The molecule has 1 aliphatic rings. The van der Waals surface area contributed by atoms with Crippen LogP contribution in [0.15, 0.2) is 16.2 Å². The number of piperidine rings is 1. The van der Waals surface area contributed by atoms with Crippen LogP contribution in [0.5, 0.6) is 0 Å². The summed E-state index contributed by atoms with van der Waals surface area (Å²) in [6.45, 7) is 0. The number of nitrogens with zero attached hydrogens (tertiary/aromatic N) is 1. The topological polar surface area (TPSA) is 84.0 Å². The highest BCUT2D eigenvalue weighted by Crippen LogP contribution is 2.20. The van der Waals surface area contributed by atoms with Crippen molar-refractivity contribution < 1.29 is 9.59 Å². The third kappa shape index (κ3) is 1.92. The average Bonchev–Trinajstić information content (AvgIpc) is 2.80. The molecule has 1 aliphatic heterocycles. The van der Waals surface area contributed by atoms with Crippen molar-refractivity contribution in [3.63, 3.8) is 0 Å². The number of carbonyl (C=O) groups is 2. The first kappa shape index (κ1) is 12.2. The minimum Gasteiger partial charge on any atom is -0.323 e. The SMILES string of the molecule is O=C1CCC(n2c(=S)[nH]c3sccc3c2=O)C(=O)N1. The summed E-state index contributed by atoms with van der Waals surface area (Å²) in [6.07, 6.45) is 0.497. The number of nitrogens with one attached hydrogen (secondary N) is 2. The van der Waals surface area contributed by atoms with Crippen LogP contribution in [0.4, 0.5) is 0 Å². The maximum atomic E-state index is 12.4. The van der Waals surface area contributed by atoms with Crippen molar-refractivity contribution in [2.24, 2.45) is 0 Å². The number of rotatable bonds is 1. The van der Waals surface area contributed by atoms with Gasteiger partial charge in [0, 0.05) is 6.42 Å². The van der Waals surface area contributed by atoms with Crippen molar-refractivity contribution in [3.8, 4) is 0 Å². The van der Waals surface area contributed by atoms with Gasteiger partial charge in [0.2, 0.25) is 11.8 Å². The molecule has 3 rings (SSSR count). The number of aromatic nitrogens is 2. The van der Waals surface area contributed by atoms with E-state index in [0.29, 0.717) is 10.2 Å². The first-order valence-electron chi connectivity index (χ1n) is 5.63. The zero-order valence-electron chi connectivity index (χ0n) is 9.63. The molecule has 1 saturated heterocycles. The third-order valence-electron chi connectivity index (χ3n) is 3.08. The van der Waals surface area contributed by atoms with Gasteiger partial charge in [-0.3, -0.25) is 24.3 Å². The van der Waals surface area contributed by atoms with E-state index >= 15 is 0 Å². The van der Waals surface area contributed by atoms with Crippen molar-refractivity contribution in [3.05, 3.63) is 26.6 Å². The zero-order chi connectivity index (χ0) is 13.6. The molecule has 1 atom stereocenters. The van der Waals surface area contributed by atoms with Gasteiger partial charge in [0.25, 0.3) is 5.56 Å². The maximum Gasteiger partial charge on any atom is 0.263 e. The molecule has 0 aliphatic carbocycles. The zero-order valence-corrected chi connectivity index (χ0v) is 11.3. The molecule has 2 N–H and O–H groups in total. The molecular weight excluding hydrogens is 286 g/mol. The lowest BCUT2D eigenvalue weighted by Crippen LogP contribution is -2.44. The highest BCUT2D eigenvalue weighted by Gasteiger charge is 2.29. The number of aromatic amines is 1.